The quantitative estimate of drug-likeness (QED) is 0.595. The number of pyridine rings is 1. The second-order valence-electron chi connectivity index (χ2n) is 3.26. The molecule has 1 aromatic heterocycles. The molecule has 2 heterocycles. The lowest BCUT2D eigenvalue weighted by atomic mass is 10.0. The van der Waals surface area contributed by atoms with E-state index in [1.54, 1.807) is 0 Å². The van der Waals surface area contributed by atoms with Crippen LogP contribution in [-0.4, -0.2) is 16.9 Å². The summed E-state index contributed by atoms with van der Waals surface area (Å²) in [4.78, 5) is 15.4. The molecule has 3 N–H and O–H groups in total. The molecule has 4 heteroatoms. The van der Waals surface area contributed by atoms with Crippen LogP contribution in [0.3, 0.4) is 0 Å². The van der Waals surface area contributed by atoms with Crippen molar-refractivity contribution in [1.82, 2.24) is 4.98 Å². The second-order valence-corrected chi connectivity index (χ2v) is 3.26. The molecule has 0 fully saturated rings. The van der Waals surface area contributed by atoms with E-state index in [4.69, 9.17) is 5.73 Å². The number of fused-ring (bicyclic) bond motifs is 1. The van der Waals surface area contributed by atoms with E-state index >= 15 is 0 Å². The monoisotopic (exact) mass is 177 g/mol. The number of hydrogen-bond donors (Lipinski definition) is 2. The number of hydrogen-bond acceptors (Lipinski definition) is 3. The molecule has 0 saturated heterocycles. The maximum Gasteiger partial charge on any atom is 0.242 e. The van der Waals surface area contributed by atoms with Crippen LogP contribution in [0.5, 0.6) is 0 Å². The third kappa shape index (κ3) is 1.40. The highest BCUT2D eigenvalue weighted by molar-refractivity contribution is 5.96. The van der Waals surface area contributed by atoms with Crippen LogP contribution in [0.2, 0.25) is 0 Å². The number of aromatic nitrogens is 1. The largest absolute Gasteiger partial charge is 0.320 e. The van der Waals surface area contributed by atoms with Gasteiger partial charge in [0, 0.05) is 12.1 Å². The molecule has 1 amide bonds. The lowest BCUT2D eigenvalue weighted by Crippen LogP contribution is -2.41. The van der Waals surface area contributed by atoms with Gasteiger partial charge >= 0.3 is 0 Å². The molecule has 4 nitrogen and oxygen atoms in total. The minimum absolute atomic E-state index is 0.148. The van der Waals surface area contributed by atoms with E-state index in [9.17, 15) is 4.79 Å². The summed E-state index contributed by atoms with van der Waals surface area (Å²) < 4.78 is 0. The van der Waals surface area contributed by atoms with Crippen molar-refractivity contribution in [2.75, 3.05) is 5.32 Å². The van der Waals surface area contributed by atoms with Crippen LogP contribution in [0.25, 0.3) is 0 Å². The molecular formula is C9H11N3O. The van der Waals surface area contributed by atoms with Gasteiger partial charge in [-0.3, -0.25) is 4.79 Å². The van der Waals surface area contributed by atoms with Crippen molar-refractivity contribution in [1.29, 1.82) is 0 Å². The molecule has 1 atom stereocenters. The summed E-state index contributed by atoms with van der Waals surface area (Å²) in [5.74, 6) is 0.511. The lowest BCUT2D eigenvalue weighted by Gasteiger charge is -2.20. The van der Waals surface area contributed by atoms with Crippen molar-refractivity contribution in [3.63, 3.8) is 0 Å². The summed E-state index contributed by atoms with van der Waals surface area (Å²) in [5.41, 5.74) is 7.50. The number of rotatable bonds is 0. The minimum Gasteiger partial charge on any atom is -0.320 e. The van der Waals surface area contributed by atoms with E-state index in [1.165, 1.54) is 0 Å². The van der Waals surface area contributed by atoms with E-state index in [1.807, 2.05) is 19.1 Å². The van der Waals surface area contributed by atoms with Gasteiger partial charge in [-0.25, -0.2) is 4.98 Å². The normalized spacial score (nSPS) is 20.8. The minimum atomic E-state index is -0.433. The topological polar surface area (TPSA) is 68.0 Å². The fraction of sp³-hybridized carbons (Fsp3) is 0.333. The lowest BCUT2D eigenvalue weighted by molar-refractivity contribution is -0.117. The van der Waals surface area contributed by atoms with Gasteiger partial charge < -0.3 is 11.1 Å². The Morgan fingerprint density at radius 3 is 3.15 bits per heavy atom. The van der Waals surface area contributed by atoms with Gasteiger partial charge in [-0.1, -0.05) is 6.07 Å². The summed E-state index contributed by atoms with van der Waals surface area (Å²) in [7, 11) is 0. The first-order valence-electron chi connectivity index (χ1n) is 4.20. The number of anilines is 1. The molecule has 0 bridgehead atoms. The first kappa shape index (κ1) is 8.19. The smallest absolute Gasteiger partial charge is 0.242 e. The molecule has 1 aliphatic heterocycles. The fourth-order valence-corrected chi connectivity index (χ4v) is 1.40. The van der Waals surface area contributed by atoms with Crippen LogP contribution in [-0.2, 0) is 11.2 Å². The van der Waals surface area contributed by atoms with Crippen LogP contribution < -0.4 is 11.1 Å². The Balaban J connectivity index is 2.42. The molecule has 2 rings (SSSR count). The van der Waals surface area contributed by atoms with Gasteiger partial charge in [0.15, 0.2) is 0 Å². The number of nitrogens with two attached hydrogens (primary N) is 1. The Bertz CT molecular complexity index is 362. The Morgan fingerprint density at radius 2 is 2.38 bits per heavy atom. The number of nitrogens with one attached hydrogen (secondary N) is 1. The van der Waals surface area contributed by atoms with Crippen LogP contribution in [0.1, 0.15) is 11.3 Å². The fourth-order valence-electron chi connectivity index (χ4n) is 1.40. The van der Waals surface area contributed by atoms with Crippen molar-refractivity contribution < 1.29 is 4.79 Å². The Hall–Kier alpha value is -1.42. The average molecular weight is 177 g/mol. The van der Waals surface area contributed by atoms with Crippen molar-refractivity contribution in [2.24, 2.45) is 5.73 Å². The van der Waals surface area contributed by atoms with Crippen molar-refractivity contribution in [3.8, 4) is 0 Å². The molecule has 0 saturated carbocycles. The molecule has 13 heavy (non-hydrogen) atoms. The molecule has 0 unspecified atom stereocenters. The van der Waals surface area contributed by atoms with Crippen LogP contribution in [0, 0.1) is 6.92 Å². The molecule has 68 valence electrons. The zero-order valence-electron chi connectivity index (χ0n) is 7.37. The predicted molar refractivity (Wildman–Crippen MR) is 49.3 cm³/mol. The zero-order valence-corrected chi connectivity index (χ0v) is 7.37. The summed E-state index contributed by atoms with van der Waals surface area (Å²) in [6, 6.07) is 3.44. The average Bonchev–Trinajstić information content (AvgIpc) is 2.08. The number of amides is 1. The van der Waals surface area contributed by atoms with E-state index < -0.39 is 6.04 Å². The number of carbonyl (C=O) groups is 1. The Kier molecular flexibility index (Phi) is 1.77. The Morgan fingerprint density at radius 1 is 1.62 bits per heavy atom. The van der Waals surface area contributed by atoms with Gasteiger partial charge in [0.25, 0.3) is 0 Å². The van der Waals surface area contributed by atoms with Gasteiger partial charge in [0.2, 0.25) is 5.91 Å². The van der Waals surface area contributed by atoms with Gasteiger partial charge in [-0.05, 0) is 18.6 Å². The molecule has 0 aliphatic carbocycles. The van der Waals surface area contributed by atoms with E-state index in [2.05, 4.69) is 10.3 Å². The molecule has 1 aliphatic rings. The summed E-state index contributed by atoms with van der Waals surface area (Å²) in [6.07, 6.45) is 0.578. The summed E-state index contributed by atoms with van der Waals surface area (Å²) in [6.45, 7) is 1.89. The maximum atomic E-state index is 11.2. The third-order valence-corrected chi connectivity index (χ3v) is 2.14. The highest BCUT2D eigenvalue weighted by atomic mass is 16.2. The van der Waals surface area contributed by atoms with Gasteiger partial charge in [-0.15, -0.1) is 0 Å². The maximum absolute atomic E-state index is 11.2. The highest BCUT2D eigenvalue weighted by Gasteiger charge is 2.23. The van der Waals surface area contributed by atoms with Gasteiger partial charge in [-0.2, -0.15) is 0 Å². The highest BCUT2D eigenvalue weighted by Crippen LogP contribution is 2.19. The molecule has 0 aromatic carbocycles. The zero-order chi connectivity index (χ0) is 9.42. The van der Waals surface area contributed by atoms with Gasteiger partial charge in [0.05, 0.1) is 6.04 Å². The van der Waals surface area contributed by atoms with E-state index in [0.717, 1.165) is 11.3 Å². The van der Waals surface area contributed by atoms with Crippen LogP contribution in [0.15, 0.2) is 12.1 Å². The van der Waals surface area contributed by atoms with E-state index in [-0.39, 0.29) is 5.91 Å². The number of carbonyl (C=O) groups excluding carboxylic acids is 1. The second kappa shape index (κ2) is 2.81. The summed E-state index contributed by atoms with van der Waals surface area (Å²) in [5, 5.41) is 2.68. The van der Waals surface area contributed by atoms with Crippen molar-refractivity contribution in [2.45, 2.75) is 19.4 Å². The van der Waals surface area contributed by atoms with Crippen molar-refractivity contribution in [3.05, 3.63) is 23.4 Å². The molecule has 0 spiro atoms. The molecule has 1 aromatic rings. The predicted octanol–water partition coefficient (Wildman–Crippen LogP) is 0.212. The SMILES string of the molecule is Cc1ccc2c(n1)NC(=O)[C@@H](N)C2. The molecular weight excluding hydrogens is 166 g/mol. The Labute approximate surface area is 76.2 Å². The molecule has 0 radical (unpaired) electrons. The number of aryl methyl sites for hydroxylation is 1. The first-order chi connectivity index (χ1) is 6.16. The first-order valence-corrected chi connectivity index (χ1v) is 4.20. The van der Waals surface area contributed by atoms with Crippen LogP contribution in [0.4, 0.5) is 5.82 Å². The summed E-state index contributed by atoms with van der Waals surface area (Å²) >= 11 is 0. The van der Waals surface area contributed by atoms with Crippen LogP contribution >= 0.6 is 0 Å². The number of nitrogens with zero attached hydrogens (tertiary/aromatic N) is 1. The van der Waals surface area contributed by atoms with Crippen molar-refractivity contribution >= 4 is 11.7 Å². The van der Waals surface area contributed by atoms with Gasteiger partial charge in [0.1, 0.15) is 5.82 Å². The third-order valence-electron chi connectivity index (χ3n) is 2.14. The standard InChI is InChI=1S/C9H11N3O/c1-5-2-3-6-4-7(10)9(13)12-8(6)11-5/h2-3,7H,4,10H2,1H3,(H,11,12,13)/t7-/m0/s1. The van der Waals surface area contributed by atoms with E-state index in [0.29, 0.717) is 12.2 Å².